The van der Waals surface area contributed by atoms with Crippen LogP contribution in [0.1, 0.15) is 25.7 Å². The van der Waals surface area contributed by atoms with Crippen LogP contribution >= 0.6 is 11.6 Å². The molecule has 2 aliphatic rings. The lowest BCUT2D eigenvalue weighted by Gasteiger charge is -2.25. The second-order valence-corrected chi connectivity index (χ2v) is 5.89. The zero-order chi connectivity index (χ0) is 13.2. The molecule has 1 saturated carbocycles. The summed E-state index contributed by atoms with van der Waals surface area (Å²) in [6.45, 7) is 2.64. The van der Waals surface area contributed by atoms with Gasteiger partial charge in [-0.15, -0.1) is 0 Å². The van der Waals surface area contributed by atoms with Crippen LogP contribution in [0.15, 0.2) is 11.0 Å². The molecule has 1 aliphatic heterocycles. The quantitative estimate of drug-likeness (QED) is 0.878. The summed E-state index contributed by atoms with van der Waals surface area (Å²) in [6.07, 6.45) is 6.16. The van der Waals surface area contributed by atoms with Crippen molar-refractivity contribution in [3.8, 4) is 0 Å². The van der Waals surface area contributed by atoms with Crippen LogP contribution in [0.3, 0.4) is 0 Å². The number of nitrogens with one attached hydrogen (secondary N) is 2. The first-order valence-electron chi connectivity index (χ1n) is 6.97. The second kappa shape index (κ2) is 5.51. The predicted octanol–water partition coefficient (Wildman–Crippen LogP) is 1.47. The van der Waals surface area contributed by atoms with Crippen LogP contribution < -0.4 is 16.2 Å². The van der Waals surface area contributed by atoms with Gasteiger partial charge in [-0.3, -0.25) is 4.79 Å². The van der Waals surface area contributed by atoms with Gasteiger partial charge in [0, 0.05) is 19.1 Å². The van der Waals surface area contributed by atoms with Gasteiger partial charge in [0.15, 0.2) is 0 Å². The molecular weight excluding hydrogens is 264 g/mol. The Balaban J connectivity index is 1.79. The van der Waals surface area contributed by atoms with Gasteiger partial charge in [0.2, 0.25) is 0 Å². The Labute approximate surface area is 117 Å². The van der Waals surface area contributed by atoms with E-state index in [0.717, 1.165) is 25.9 Å². The lowest BCUT2D eigenvalue weighted by Crippen LogP contribution is -2.40. The Morgan fingerprint density at radius 1 is 1.47 bits per heavy atom. The maximum atomic E-state index is 12.4. The minimum Gasteiger partial charge on any atom is -0.375 e. The maximum Gasteiger partial charge on any atom is 0.291 e. The van der Waals surface area contributed by atoms with Crippen LogP contribution in [-0.4, -0.2) is 28.9 Å². The van der Waals surface area contributed by atoms with Crippen molar-refractivity contribution in [3.05, 3.63) is 21.6 Å². The highest BCUT2D eigenvalue weighted by molar-refractivity contribution is 6.33. The summed E-state index contributed by atoms with van der Waals surface area (Å²) in [5, 5.41) is 11.2. The van der Waals surface area contributed by atoms with Gasteiger partial charge >= 0.3 is 0 Å². The highest BCUT2D eigenvalue weighted by Gasteiger charge is 2.24. The number of anilines is 1. The minimum absolute atomic E-state index is 0.0926. The van der Waals surface area contributed by atoms with Crippen molar-refractivity contribution in [1.29, 1.82) is 0 Å². The third-order valence-corrected chi connectivity index (χ3v) is 4.06. The molecule has 0 amide bonds. The fourth-order valence-electron chi connectivity index (χ4n) is 2.45. The standard InChI is InChI=1S/C13H19ClN4O/c14-11-7-16-18(8-9-3-4-9)13(19)12(11)17-10-2-1-5-15-6-10/h7,9-10,15,17H,1-6,8H2. The van der Waals surface area contributed by atoms with Crippen molar-refractivity contribution in [2.75, 3.05) is 18.4 Å². The number of rotatable bonds is 4. The van der Waals surface area contributed by atoms with Crippen LogP contribution in [0.25, 0.3) is 0 Å². The summed E-state index contributed by atoms with van der Waals surface area (Å²) in [4.78, 5) is 12.4. The summed E-state index contributed by atoms with van der Waals surface area (Å²) in [6, 6.07) is 0.274. The number of nitrogens with zero attached hydrogens (tertiary/aromatic N) is 2. The molecule has 2 fully saturated rings. The molecule has 0 spiro atoms. The lowest BCUT2D eigenvalue weighted by atomic mass is 10.1. The van der Waals surface area contributed by atoms with E-state index in [1.165, 1.54) is 12.8 Å². The summed E-state index contributed by atoms with van der Waals surface area (Å²) in [5.74, 6) is 0.621. The summed E-state index contributed by atoms with van der Waals surface area (Å²) < 4.78 is 1.54. The van der Waals surface area contributed by atoms with Crippen molar-refractivity contribution >= 4 is 17.3 Å². The Bertz CT molecular complexity index is 506. The van der Waals surface area contributed by atoms with Crippen molar-refractivity contribution in [2.24, 2.45) is 5.92 Å². The van der Waals surface area contributed by atoms with Crippen molar-refractivity contribution < 1.29 is 0 Å². The summed E-state index contributed by atoms with van der Waals surface area (Å²) in [5.41, 5.74) is 0.413. The molecule has 1 atom stereocenters. The highest BCUT2D eigenvalue weighted by Crippen LogP contribution is 2.30. The van der Waals surface area contributed by atoms with Gasteiger partial charge in [-0.1, -0.05) is 11.6 Å². The first-order chi connectivity index (χ1) is 9.24. The number of hydrogen-bond donors (Lipinski definition) is 2. The number of aromatic nitrogens is 2. The third-order valence-electron chi connectivity index (χ3n) is 3.77. The van der Waals surface area contributed by atoms with Crippen LogP contribution in [0, 0.1) is 5.92 Å². The number of piperidine rings is 1. The molecule has 1 aromatic heterocycles. The zero-order valence-electron chi connectivity index (χ0n) is 10.9. The average Bonchev–Trinajstić information content (AvgIpc) is 3.23. The number of hydrogen-bond acceptors (Lipinski definition) is 4. The Kier molecular flexibility index (Phi) is 3.75. The Morgan fingerprint density at radius 3 is 3.00 bits per heavy atom. The van der Waals surface area contributed by atoms with Gasteiger partial charge in [-0.05, 0) is 38.1 Å². The maximum absolute atomic E-state index is 12.4. The van der Waals surface area contributed by atoms with Gasteiger partial charge in [-0.2, -0.15) is 5.10 Å². The normalized spacial score (nSPS) is 23.3. The Hall–Kier alpha value is -1.07. The average molecular weight is 283 g/mol. The molecule has 1 aliphatic carbocycles. The Morgan fingerprint density at radius 2 is 2.32 bits per heavy atom. The van der Waals surface area contributed by atoms with E-state index >= 15 is 0 Å². The highest BCUT2D eigenvalue weighted by atomic mass is 35.5. The fraction of sp³-hybridized carbons (Fsp3) is 0.692. The SMILES string of the molecule is O=c1c(NC2CCCNC2)c(Cl)cnn1CC1CC1. The van der Waals surface area contributed by atoms with Gasteiger partial charge in [0.25, 0.3) is 5.56 Å². The molecule has 5 nitrogen and oxygen atoms in total. The topological polar surface area (TPSA) is 59.0 Å². The molecule has 19 heavy (non-hydrogen) atoms. The molecule has 1 aromatic rings. The van der Waals surface area contributed by atoms with Crippen LogP contribution in [-0.2, 0) is 6.54 Å². The van der Waals surface area contributed by atoms with Gasteiger partial charge in [0.1, 0.15) is 5.69 Å². The molecule has 104 valence electrons. The van der Waals surface area contributed by atoms with E-state index in [4.69, 9.17) is 11.6 Å². The molecule has 6 heteroatoms. The van der Waals surface area contributed by atoms with Gasteiger partial charge < -0.3 is 10.6 Å². The van der Waals surface area contributed by atoms with E-state index in [9.17, 15) is 4.79 Å². The van der Waals surface area contributed by atoms with Crippen molar-refractivity contribution in [1.82, 2.24) is 15.1 Å². The lowest BCUT2D eigenvalue weighted by molar-refractivity contribution is 0.477. The molecule has 0 aromatic carbocycles. The van der Waals surface area contributed by atoms with E-state index in [0.29, 0.717) is 23.2 Å². The van der Waals surface area contributed by atoms with Crippen LogP contribution in [0.2, 0.25) is 5.02 Å². The molecule has 3 rings (SSSR count). The van der Waals surface area contributed by atoms with Crippen LogP contribution in [0.4, 0.5) is 5.69 Å². The third kappa shape index (κ3) is 3.09. The van der Waals surface area contributed by atoms with E-state index in [-0.39, 0.29) is 11.6 Å². The zero-order valence-corrected chi connectivity index (χ0v) is 11.6. The van der Waals surface area contributed by atoms with E-state index in [1.54, 1.807) is 10.9 Å². The van der Waals surface area contributed by atoms with E-state index in [2.05, 4.69) is 15.7 Å². The summed E-state index contributed by atoms with van der Waals surface area (Å²) in [7, 11) is 0. The predicted molar refractivity (Wildman–Crippen MR) is 75.7 cm³/mol. The fourth-order valence-corrected chi connectivity index (χ4v) is 2.63. The van der Waals surface area contributed by atoms with Gasteiger partial charge in [-0.25, -0.2) is 4.68 Å². The molecule has 0 radical (unpaired) electrons. The second-order valence-electron chi connectivity index (χ2n) is 5.49. The van der Waals surface area contributed by atoms with Gasteiger partial charge in [0.05, 0.1) is 11.2 Å². The molecule has 0 bridgehead atoms. The first kappa shape index (κ1) is 12.9. The monoisotopic (exact) mass is 282 g/mol. The number of halogens is 1. The van der Waals surface area contributed by atoms with Crippen LogP contribution in [0.5, 0.6) is 0 Å². The largest absolute Gasteiger partial charge is 0.375 e. The first-order valence-corrected chi connectivity index (χ1v) is 7.34. The van der Waals surface area contributed by atoms with Crippen molar-refractivity contribution in [3.63, 3.8) is 0 Å². The molecule has 2 heterocycles. The molecule has 1 saturated heterocycles. The minimum atomic E-state index is -0.0926. The smallest absolute Gasteiger partial charge is 0.291 e. The molecule has 1 unspecified atom stereocenters. The van der Waals surface area contributed by atoms with E-state index in [1.807, 2.05) is 0 Å². The molecular formula is C13H19ClN4O. The molecule has 2 N–H and O–H groups in total. The van der Waals surface area contributed by atoms with E-state index < -0.39 is 0 Å². The van der Waals surface area contributed by atoms with Crippen molar-refractivity contribution in [2.45, 2.75) is 38.3 Å². The summed E-state index contributed by atoms with van der Waals surface area (Å²) >= 11 is 6.11.